The summed E-state index contributed by atoms with van der Waals surface area (Å²) in [6, 6.07) is 8.36. The third-order valence-corrected chi connectivity index (χ3v) is 1.93. The van der Waals surface area contributed by atoms with Crippen LogP contribution in [0.2, 0.25) is 0 Å². The highest BCUT2D eigenvalue weighted by Crippen LogP contribution is 2.07. The van der Waals surface area contributed by atoms with Crippen molar-refractivity contribution in [1.82, 2.24) is 0 Å². The highest BCUT2D eigenvalue weighted by atomic mass is 13.9. The molecular weight excluding hydrogens is 252 g/mol. The Bertz CT molecular complexity index is 361. The van der Waals surface area contributed by atoms with Gasteiger partial charge < -0.3 is 0 Å². The summed E-state index contributed by atoms with van der Waals surface area (Å²) < 4.78 is 0. The molecule has 0 aliphatic rings. The molecule has 1 rings (SSSR count). The SMILES string of the molecule is C#C.C#CCCC.C/C=C/c1ccccc1C.CC.CC. The fourth-order valence-corrected chi connectivity index (χ4v) is 1.10. The van der Waals surface area contributed by atoms with E-state index in [1.165, 1.54) is 11.1 Å². The van der Waals surface area contributed by atoms with E-state index >= 15 is 0 Å². The number of aryl methyl sites for hydroxylation is 1. The Morgan fingerprint density at radius 1 is 1.05 bits per heavy atom. The second-order valence-electron chi connectivity index (χ2n) is 3.31. The molecule has 0 aromatic heterocycles. The number of terminal acetylenes is 2. The van der Waals surface area contributed by atoms with Crippen molar-refractivity contribution in [3.8, 4) is 25.2 Å². The first-order chi connectivity index (χ1) is 10.3. The monoisotopic (exact) mass is 286 g/mol. The molecule has 0 atom stereocenters. The molecule has 0 radical (unpaired) electrons. The van der Waals surface area contributed by atoms with Crippen LogP contribution in [0.25, 0.3) is 6.08 Å². The summed E-state index contributed by atoms with van der Waals surface area (Å²) in [5, 5.41) is 0. The van der Waals surface area contributed by atoms with Gasteiger partial charge in [-0.05, 0) is 31.4 Å². The van der Waals surface area contributed by atoms with Crippen molar-refractivity contribution >= 4 is 6.08 Å². The lowest BCUT2D eigenvalue weighted by molar-refractivity contribution is 0.984. The molecule has 0 amide bonds. The molecule has 118 valence electrons. The van der Waals surface area contributed by atoms with E-state index < -0.39 is 0 Å². The molecule has 0 spiro atoms. The van der Waals surface area contributed by atoms with Crippen LogP contribution < -0.4 is 0 Å². The van der Waals surface area contributed by atoms with Crippen LogP contribution in [0.1, 0.15) is 65.5 Å². The lowest BCUT2D eigenvalue weighted by Gasteiger charge is -1.96. The molecule has 0 aliphatic carbocycles. The Morgan fingerprint density at radius 3 is 1.81 bits per heavy atom. The van der Waals surface area contributed by atoms with E-state index in [0.29, 0.717) is 0 Å². The molecule has 0 heteroatoms. The van der Waals surface area contributed by atoms with Crippen LogP contribution >= 0.6 is 0 Å². The van der Waals surface area contributed by atoms with Gasteiger partial charge in [-0.15, -0.1) is 25.2 Å². The number of rotatable bonds is 2. The summed E-state index contributed by atoms with van der Waals surface area (Å²) >= 11 is 0. The van der Waals surface area contributed by atoms with Gasteiger partial charge in [0, 0.05) is 6.42 Å². The summed E-state index contributed by atoms with van der Waals surface area (Å²) in [6.45, 7) is 14.2. The van der Waals surface area contributed by atoms with E-state index in [1.807, 2.05) is 34.6 Å². The molecule has 0 bridgehead atoms. The predicted octanol–water partition coefficient (Wildman–Crippen LogP) is 6.75. The molecule has 0 N–H and O–H groups in total. The fraction of sp³-hybridized carbons (Fsp3) is 0.429. The van der Waals surface area contributed by atoms with E-state index in [1.54, 1.807) is 0 Å². The third kappa shape index (κ3) is 23.6. The van der Waals surface area contributed by atoms with Crippen LogP contribution in [0.4, 0.5) is 0 Å². The van der Waals surface area contributed by atoms with E-state index in [-0.39, 0.29) is 0 Å². The molecule has 1 aromatic rings. The summed E-state index contributed by atoms with van der Waals surface area (Å²) in [5.41, 5.74) is 2.64. The van der Waals surface area contributed by atoms with Crippen LogP contribution in [0.15, 0.2) is 30.3 Å². The highest BCUT2D eigenvalue weighted by Gasteiger charge is 1.87. The second-order valence-corrected chi connectivity index (χ2v) is 3.31. The minimum atomic E-state index is 0.917. The van der Waals surface area contributed by atoms with Gasteiger partial charge >= 0.3 is 0 Å². The smallest absolute Gasteiger partial charge is 0.00834 e. The van der Waals surface area contributed by atoms with Gasteiger partial charge in [0.2, 0.25) is 0 Å². The lowest BCUT2D eigenvalue weighted by Crippen LogP contribution is -1.76. The number of allylic oxidation sites excluding steroid dienone is 1. The Morgan fingerprint density at radius 2 is 1.52 bits per heavy atom. The van der Waals surface area contributed by atoms with Crippen molar-refractivity contribution < 1.29 is 0 Å². The molecule has 1 aromatic carbocycles. The molecule has 0 nitrogen and oxygen atoms in total. The summed E-state index contributed by atoms with van der Waals surface area (Å²) in [5.74, 6) is 2.52. The summed E-state index contributed by atoms with van der Waals surface area (Å²) in [6.07, 6.45) is 19.1. The maximum Gasteiger partial charge on any atom is 0.00834 e. The zero-order valence-electron chi connectivity index (χ0n) is 15.1. The highest BCUT2D eigenvalue weighted by molar-refractivity contribution is 5.52. The lowest BCUT2D eigenvalue weighted by atomic mass is 10.1. The maximum atomic E-state index is 4.89. The average molecular weight is 287 g/mol. The minimum Gasteiger partial charge on any atom is -0.124 e. The molecule has 0 heterocycles. The summed E-state index contributed by atoms with van der Waals surface area (Å²) in [7, 11) is 0. The van der Waals surface area contributed by atoms with Gasteiger partial charge in [-0.25, -0.2) is 0 Å². The van der Waals surface area contributed by atoms with Crippen molar-refractivity contribution in [2.24, 2.45) is 0 Å². The average Bonchev–Trinajstić information content (AvgIpc) is 2.57. The minimum absolute atomic E-state index is 0.917. The predicted molar refractivity (Wildman–Crippen MR) is 102 cm³/mol. The normalized spacial score (nSPS) is 7.24. The quantitative estimate of drug-likeness (QED) is 0.527. The first-order valence-electron chi connectivity index (χ1n) is 7.71. The van der Waals surface area contributed by atoms with Crippen LogP contribution in [0, 0.1) is 32.1 Å². The van der Waals surface area contributed by atoms with Crippen LogP contribution in [0.5, 0.6) is 0 Å². The Kier molecular flexibility index (Phi) is 40.3. The van der Waals surface area contributed by atoms with Gasteiger partial charge in [0.1, 0.15) is 0 Å². The topological polar surface area (TPSA) is 0 Å². The Hall–Kier alpha value is -1.92. The number of hydrogen-bond acceptors (Lipinski definition) is 0. The molecular formula is C21H34. The van der Waals surface area contributed by atoms with Gasteiger partial charge in [0.05, 0.1) is 0 Å². The van der Waals surface area contributed by atoms with Gasteiger partial charge in [-0.2, -0.15) is 0 Å². The first-order valence-corrected chi connectivity index (χ1v) is 7.71. The molecule has 0 saturated heterocycles. The van der Waals surface area contributed by atoms with Gasteiger partial charge in [0.25, 0.3) is 0 Å². The fourth-order valence-electron chi connectivity index (χ4n) is 1.10. The van der Waals surface area contributed by atoms with Crippen molar-refractivity contribution in [3.05, 3.63) is 41.5 Å². The number of benzene rings is 1. The second kappa shape index (κ2) is 30.8. The van der Waals surface area contributed by atoms with E-state index in [4.69, 9.17) is 6.42 Å². The Labute approximate surface area is 134 Å². The van der Waals surface area contributed by atoms with Crippen molar-refractivity contribution in [2.75, 3.05) is 0 Å². The number of hydrogen-bond donors (Lipinski definition) is 0. The standard InChI is InChI=1S/C10H12.C5H8.2C2H6.C2H2/c1-3-6-10-8-5-4-7-9(10)2;1-3-5-4-2;3*1-2/h3-8H,1-2H3;1H,4-5H2,2H3;2*1-2H3;1-2H/b6-3+;;;;. The van der Waals surface area contributed by atoms with E-state index in [2.05, 4.69) is 69.0 Å². The zero-order chi connectivity index (χ0) is 17.5. The van der Waals surface area contributed by atoms with Gasteiger partial charge in [0.15, 0.2) is 0 Å². The van der Waals surface area contributed by atoms with E-state index in [0.717, 1.165) is 12.8 Å². The van der Waals surface area contributed by atoms with Gasteiger partial charge in [-0.1, -0.05) is 71.0 Å². The first kappa shape index (κ1) is 27.4. The molecule has 0 saturated carbocycles. The van der Waals surface area contributed by atoms with Crippen molar-refractivity contribution in [3.63, 3.8) is 0 Å². The molecule has 0 aliphatic heterocycles. The van der Waals surface area contributed by atoms with E-state index in [9.17, 15) is 0 Å². The zero-order valence-corrected chi connectivity index (χ0v) is 15.1. The summed E-state index contributed by atoms with van der Waals surface area (Å²) in [4.78, 5) is 0. The van der Waals surface area contributed by atoms with Crippen molar-refractivity contribution in [2.45, 2.75) is 61.3 Å². The Balaban J connectivity index is -0.000000112. The van der Waals surface area contributed by atoms with Crippen molar-refractivity contribution in [1.29, 1.82) is 0 Å². The largest absolute Gasteiger partial charge is 0.124 e. The van der Waals surface area contributed by atoms with Crippen LogP contribution in [-0.2, 0) is 0 Å². The maximum absolute atomic E-state index is 4.89. The van der Waals surface area contributed by atoms with Crippen LogP contribution in [-0.4, -0.2) is 0 Å². The number of unbranched alkanes of at least 4 members (excludes halogenated alkanes) is 1. The third-order valence-electron chi connectivity index (χ3n) is 1.93. The molecule has 21 heavy (non-hydrogen) atoms. The molecule has 0 unspecified atom stereocenters. The van der Waals surface area contributed by atoms with Gasteiger partial charge in [-0.3, -0.25) is 0 Å². The van der Waals surface area contributed by atoms with Crippen LogP contribution in [0.3, 0.4) is 0 Å². The molecule has 0 fully saturated rings.